The van der Waals surface area contributed by atoms with Crippen LogP contribution in [0.2, 0.25) is 0 Å². The Morgan fingerprint density at radius 2 is 1.85 bits per heavy atom. The molecule has 0 unspecified atom stereocenters. The number of fused-ring (bicyclic) bond motifs is 1. The van der Waals surface area contributed by atoms with Gasteiger partial charge >= 0.3 is 0 Å². The first-order valence-electron chi connectivity index (χ1n) is 13.3. The van der Waals surface area contributed by atoms with Crippen LogP contribution in [0.5, 0.6) is 0 Å². The molecule has 2 aromatic carbocycles. The number of nitrogens with one attached hydrogen (secondary N) is 1. The van der Waals surface area contributed by atoms with E-state index in [1.165, 1.54) is 10.9 Å². The van der Waals surface area contributed by atoms with Crippen LogP contribution in [0.3, 0.4) is 0 Å². The molecule has 0 saturated carbocycles. The number of pyridine rings is 1. The highest BCUT2D eigenvalue weighted by atomic mass is 16.2. The van der Waals surface area contributed by atoms with Gasteiger partial charge in [0.25, 0.3) is 11.8 Å². The fraction of sp³-hybridized carbons (Fsp3) is 0.226. The molecule has 1 saturated heterocycles. The van der Waals surface area contributed by atoms with Gasteiger partial charge in [0.05, 0.1) is 11.8 Å². The Bertz CT molecular complexity index is 1770. The molecule has 3 aromatic heterocycles. The zero-order valence-corrected chi connectivity index (χ0v) is 22.8. The predicted molar refractivity (Wildman–Crippen MR) is 156 cm³/mol. The largest absolute Gasteiger partial charge is 0.383 e. The second-order valence-corrected chi connectivity index (χ2v) is 10.5. The smallest absolute Gasteiger partial charge is 0.255 e. The molecule has 0 bridgehead atoms. The molecule has 9 nitrogen and oxygen atoms in total. The van der Waals surface area contributed by atoms with Crippen LogP contribution in [0.4, 0.5) is 5.82 Å². The van der Waals surface area contributed by atoms with Gasteiger partial charge in [-0.25, -0.2) is 4.98 Å². The maximum atomic E-state index is 13.4. The second kappa shape index (κ2) is 10.00. The number of aromatic nitrogens is 4. The molecule has 3 N–H and O–H groups in total. The molecule has 1 aliphatic rings. The van der Waals surface area contributed by atoms with E-state index in [1.807, 2.05) is 45.4 Å². The van der Waals surface area contributed by atoms with Crippen molar-refractivity contribution in [3.05, 3.63) is 90.0 Å². The van der Waals surface area contributed by atoms with E-state index in [9.17, 15) is 9.59 Å². The van der Waals surface area contributed by atoms with E-state index < -0.39 is 0 Å². The van der Waals surface area contributed by atoms with Crippen LogP contribution in [0, 0.1) is 6.92 Å². The Morgan fingerprint density at radius 3 is 2.62 bits per heavy atom. The summed E-state index contributed by atoms with van der Waals surface area (Å²) in [4.78, 5) is 32.5. The molecule has 2 amide bonds. The molecular weight excluding hydrogens is 502 g/mol. The molecule has 0 aliphatic carbocycles. The summed E-state index contributed by atoms with van der Waals surface area (Å²) in [6.07, 6.45) is 7.92. The third-order valence-electron chi connectivity index (χ3n) is 7.68. The van der Waals surface area contributed by atoms with Crippen LogP contribution in [-0.4, -0.2) is 55.2 Å². The Morgan fingerprint density at radius 1 is 1.00 bits per heavy atom. The van der Waals surface area contributed by atoms with Crippen LogP contribution >= 0.6 is 0 Å². The molecule has 202 valence electrons. The van der Waals surface area contributed by atoms with E-state index in [1.54, 1.807) is 28.0 Å². The minimum Gasteiger partial charge on any atom is -0.383 e. The number of nitrogen functional groups attached to an aromatic ring is 1. The third-order valence-corrected chi connectivity index (χ3v) is 7.68. The quantitative estimate of drug-likeness (QED) is 0.352. The fourth-order valence-electron chi connectivity index (χ4n) is 5.46. The first-order chi connectivity index (χ1) is 19.3. The van der Waals surface area contributed by atoms with Gasteiger partial charge < -0.3 is 20.5 Å². The van der Waals surface area contributed by atoms with Crippen LogP contribution in [0.25, 0.3) is 33.2 Å². The topological polar surface area (TPSA) is 111 Å². The summed E-state index contributed by atoms with van der Waals surface area (Å²) in [7, 11) is 3.87. The molecule has 1 aliphatic heterocycles. The van der Waals surface area contributed by atoms with E-state index in [4.69, 9.17) is 5.73 Å². The Hall–Kier alpha value is -4.92. The number of amides is 2. The number of rotatable bonds is 5. The lowest BCUT2D eigenvalue weighted by Gasteiger charge is -2.18. The van der Waals surface area contributed by atoms with Crippen LogP contribution in [0.1, 0.15) is 32.7 Å². The number of carbonyl (C=O) groups is 2. The maximum Gasteiger partial charge on any atom is 0.255 e. The van der Waals surface area contributed by atoms with Gasteiger partial charge in [-0.2, -0.15) is 5.10 Å². The Labute approximate surface area is 232 Å². The van der Waals surface area contributed by atoms with Gasteiger partial charge in [-0.05, 0) is 66.4 Å². The molecule has 1 fully saturated rings. The average Bonchev–Trinajstić information content (AvgIpc) is 3.69. The van der Waals surface area contributed by atoms with Gasteiger partial charge in [0.1, 0.15) is 5.82 Å². The predicted octanol–water partition coefficient (Wildman–Crippen LogP) is 4.18. The number of nitrogens with two attached hydrogens (primary N) is 1. The van der Waals surface area contributed by atoms with Gasteiger partial charge in [0.2, 0.25) is 0 Å². The van der Waals surface area contributed by atoms with Crippen molar-refractivity contribution in [2.24, 2.45) is 14.1 Å². The van der Waals surface area contributed by atoms with Crippen molar-refractivity contribution in [1.82, 2.24) is 29.5 Å². The first kappa shape index (κ1) is 25.4. The molecule has 6 rings (SSSR count). The molecular formula is C31H31N7O2. The summed E-state index contributed by atoms with van der Waals surface area (Å²) in [5, 5.41) is 8.40. The highest BCUT2D eigenvalue weighted by molar-refractivity contribution is 6.00. The van der Waals surface area contributed by atoms with E-state index in [0.717, 1.165) is 27.8 Å². The van der Waals surface area contributed by atoms with Crippen molar-refractivity contribution in [2.75, 3.05) is 18.8 Å². The normalized spacial score (nSPS) is 15.1. The van der Waals surface area contributed by atoms with E-state index in [-0.39, 0.29) is 23.7 Å². The lowest BCUT2D eigenvalue weighted by Crippen LogP contribution is -2.38. The molecule has 9 heteroatoms. The highest BCUT2D eigenvalue weighted by Gasteiger charge is 2.29. The van der Waals surface area contributed by atoms with Gasteiger partial charge in [0.15, 0.2) is 0 Å². The molecule has 0 spiro atoms. The molecule has 4 heterocycles. The van der Waals surface area contributed by atoms with Crippen LogP contribution in [-0.2, 0) is 14.1 Å². The zero-order valence-electron chi connectivity index (χ0n) is 22.8. The Kier molecular flexibility index (Phi) is 6.34. The summed E-state index contributed by atoms with van der Waals surface area (Å²) in [5.41, 5.74) is 13.1. The average molecular weight is 534 g/mol. The number of likely N-dealkylation sites (tertiary alicyclic amines) is 1. The van der Waals surface area contributed by atoms with Gasteiger partial charge in [-0.3, -0.25) is 14.3 Å². The summed E-state index contributed by atoms with van der Waals surface area (Å²) in [6.45, 7) is 3.04. The summed E-state index contributed by atoms with van der Waals surface area (Å²) < 4.78 is 3.79. The summed E-state index contributed by atoms with van der Waals surface area (Å²) >= 11 is 0. The molecule has 1 atom stereocenters. The van der Waals surface area contributed by atoms with Crippen molar-refractivity contribution in [3.63, 3.8) is 0 Å². The minimum atomic E-state index is -0.300. The van der Waals surface area contributed by atoms with Gasteiger partial charge in [-0.1, -0.05) is 12.1 Å². The van der Waals surface area contributed by atoms with Crippen molar-refractivity contribution < 1.29 is 9.59 Å². The zero-order chi connectivity index (χ0) is 28.0. The van der Waals surface area contributed by atoms with Gasteiger partial charge in [-0.15, -0.1) is 0 Å². The molecule has 5 aromatic rings. The van der Waals surface area contributed by atoms with Crippen molar-refractivity contribution in [1.29, 1.82) is 0 Å². The summed E-state index contributed by atoms with van der Waals surface area (Å²) in [5.74, 6) is -0.173. The van der Waals surface area contributed by atoms with E-state index in [0.29, 0.717) is 30.6 Å². The van der Waals surface area contributed by atoms with Crippen LogP contribution < -0.4 is 11.1 Å². The highest BCUT2D eigenvalue weighted by Crippen LogP contribution is 2.29. The number of benzene rings is 2. The van der Waals surface area contributed by atoms with Gasteiger partial charge in [0, 0.05) is 79.4 Å². The molecule has 0 radical (unpaired) electrons. The number of anilines is 1. The van der Waals surface area contributed by atoms with Crippen LogP contribution in [0.15, 0.2) is 73.3 Å². The molecule has 40 heavy (non-hydrogen) atoms. The Balaban J connectivity index is 1.13. The van der Waals surface area contributed by atoms with E-state index >= 15 is 0 Å². The lowest BCUT2D eigenvalue weighted by molar-refractivity contribution is 0.0783. The maximum absolute atomic E-state index is 13.4. The monoisotopic (exact) mass is 533 g/mol. The number of carbonyl (C=O) groups excluding carboxylic acids is 2. The first-order valence-corrected chi connectivity index (χ1v) is 13.3. The third kappa shape index (κ3) is 4.70. The lowest BCUT2D eigenvalue weighted by atomic mass is 9.97. The summed E-state index contributed by atoms with van der Waals surface area (Å²) in [6, 6.07) is 16.0. The fourth-order valence-corrected chi connectivity index (χ4v) is 5.46. The number of hydrogen-bond acceptors (Lipinski definition) is 5. The standard InChI is InChI=1S/C31H31N7O2/c1-19-12-22(4-6-26(19)20-5-7-28-21(13-20)8-10-36(28)2)31(40)38-11-9-25(18-38)35-30(39)27-14-23(15-33-29(27)32)24-16-34-37(3)17-24/h4-8,10,12-17,25H,9,11,18H2,1-3H3,(H2,32,33)(H,35,39)/t25-/m1/s1. The van der Waals surface area contributed by atoms with Crippen molar-refractivity contribution in [2.45, 2.75) is 19.4 Å². The van der Waals surface area contributed by atoms with Crippen molar-refractivity contribution >= 4 is 28.5 Å². The number of nitrogens with zero attached hydrogens (tertiary/aromatic N) is 5. The van der Waals surface area contributed by atoms with Crippen molar-refractivity contribution in [3.8, 4) is 22.3 Å². The van der Waals surface area contributed by atoms with E-state index in [2.05, 4.69) is 50.4 Å². The number of hydrogen-bond donors (Lipinski definition) is 2. The minimum absolute atomic E-state index is 0.0373. The number of aryl methyl sites for hydroxylation is 3. The SMILES string of the molecule is Cc1cc(C(=O)N2CC[C@@H](NC(=O)c3cc(-c4cnn(C)c4)cnc3N)C2)ccc1-c1ccc2c(ccn2C)c1. The second-order valence-electron chi connectivity index (χ2n) is 10.5.